The predicted octanol–water partition coefficient (Wildman–Crippen LogP) is 4.33. The van der Waals surface area contributed by atoms with E-state index < -0.39 is 0 Å². The number of halogens is 1. The average molecular weight is 293 g/mol. The maximum absolute atomic E-state index is 13.2. The van der Waals surface area contributed by atoms with Crippen molar-refractivity contribution in [1.29, 1.82) is 0 Å². The quantitative estimate of drug-likeness (QED) is 0.721. The Kier molecular flexibility index (Phi) is 5.63. The standard InChI is InChI=1S/C18H28FNO/c1-4-5-6-9-18(2,3)13-20-12-16-11-14-10-15(19)7-8-17(14)21-16/h7-8,10,16,20H,4-6,9,11-13H2,1-3H3. The van der Waals surface area contributed by atoms with Crippen molar-refractivity contribution in [3.63, 3.8) is 0 Å². The molecule has 0 bridgehead atoms. The van der Waals surface area contributed by atoms with Crippen LogP contribution in [-0.2, 0) is 6.42 Å². The molecule has 0 saturated heterocycles. The van der Waals surface area contributed by atoms with Crippen LogP contribution in [0.15, 0.2) is 18.2 Å². The molecule has 1 aliphatic rings. The van der Waals surface area contributed by atoms with E-state index in [4.69, 9.17) is 4.74 Å². The van der Waals surface area contributed by atoms with Gasteiger partial charge in [0.2, 0.25) is 0 Å². The van der Waals surface area contributed by atoms with Crippen LogP contribution in [0.25, 0.3) is 0 Å². The van der Waals surface area contributed by atoms with E-state index in [0.29, 0.717) is 5.41 Å². The van der Waals surface area contributed by atoms with Gasteiger partial charge in [-0.2, -0.15) is 0 Å². The highest BCUT2D eigenvalue weighted by molar-refractivity contribution is 5.37. The molecule has 1 N–H and O–H groups in total. The van der Waals surface area contributed by atoms with Crippen LogP contribution in [0, 0.1) is 11.2 Å². The third-order valence-corrected chi connectivity index (χ3v) is 4.20. The van der Waals surface area contributed by atoms with Crippen LogP contribution in [0.2, 0.25) is 0 Å². The van der Waals surface area contributed by atoms with E-state index in [1.54, 1.807) is 12.1 Å². The summed E-state index contributed by atoms with van der Waals surface area (Å²) < 4.78 is 19.0. The molecular formula is C18H28FNO. The van der Waals surface area contributed by atoms with Gasteiger partial charge in [-0.25, -0.2) is 4.39 Å². The number of unbranched alkanes of at least 4 members (excludes halogenated alkanes) is 2. The van der Waals surface area contributed by atoms with Crippen LogP contribution in [-0.4, -0.2) is 19.2 Å². The molecule has 0 fully saturated rings. The van der Waals surface area contributed by atoms with Gasteiger partial charge in [-0.15, -0.1) is 0 Å². The highest BCUT2D eigenvalue weighted by atomic mass is 19.1. The first kappa shape index (κ1) is 16.3. The van der Waals surface area contributed by atoms with Crippen LogP contribution in [0.3, 0.4) is 0 Å². The molecule has 2 nitrogen and oxygen atoms in total. The first-order valence-electron chi connectivity index (χ1n) is 8.16. The lowest BCUT2D eigenvalue weighted by molar-refractivity contribution is 0.213. The minimum atomic E-state index is -0.178. The molecule has 3 heteroatoms. The minimum Gasteiger partial charge on any atom is -0.488 e. The van der Waals surface area contributed by atoms with Crippen molar-refractivity contribution in [1.82, 2.24) is 5.32 Å². The zero-order chi connectivity index (χ0) is 15.3. The summed E-state index contributed by atoms with van der Waals surface area (Å²) in [6.07, 6.45) is 6.08. The predicted molar refractivity (Wildman–Crippen MR) is 85.3 cm³/mol. The second kappa shape index (κ2) is 7.26. The molecule has 0 aliphatic carbocycles. The number of rotatable bonds is 8. The van der Waals surface area contributed by atoms with E-state index in [0.717, 1.165) is 30.8 Å². The fourth-order valence-electron chi connectivity index (χ4n) is 2.92. The summed E-state index contributed by atoms with van der Waals surface area (Å²) in [6, 6.07) is 4.79. The van der Waals surface area contributed by atoms with Gasteiger partial charge in [0, 0.05) is 25.1 Å². The van der Waals surface area contributed by atoms with Gasteiger partial charge in [-0.05, 0) is 30.0 Å². The number of benzene rings is 1. The lowest BCUT2D eigenvalue weighted by Crippen LogP contribution is -2.36. The van der Waals surface area contributed by atoms with Crippen molar-refractivity contribution in [2.45, 2.75) is 59.0 Å². The van der Waals surface area contributed by atoms with Gasteiger partial charge in [-0.1, -0.05) is 40.0 Å². The lowest BCUT2D eigenvalue weighted by atomic mass is 9.87. The van der Waals surface area contributed by atoms with Gasteiger partial charge >= 0.3 is 0 Å². The molecule has 1 unspecified atom stereocenters. The van der Waals surface area contributed by atoms with Crippen LogP contribution < -0.4 is 10.1 Å². The number of nitrogens with one attached hydrogen (secondary N) is 1. The largest absolute Gasteiger partial charge is 0.488 e. The number of hydrogen-bond acceptors (Lipinski definition) is 2. The summed E-state index contributed by atoms with van der Waals surface area (Å²) in [6.45, 7) is 8.70. The van der Waals surface area contributed by atoms with Gasteiger partial charge in [0.15, 0.2) is 0 Å². The summed E-state index contributed by atoms with van der Waals surface area (Å²) in [5.41, 5.74) is 1.32. The third-order valence-electron chi connectivity index (χ3n) is 4.20. The first-order chi connectivity index (χ1) is 10.00. The summed E-state index contributed by atoms with van der Waals surface area (Å²) in [7, 11) is 0. The Morgan fingerprint density at radius 2 is 2.14 bits per heavy atom. The molecule has 1 atom stereocenters. The van der Waals surface area contributed by atoms with Gasteiger partial charge in [0.1, 0.15) is 17.7 Å². The highest BCUT2D eigenvalue weighted by Crippen LogP contribution is 2.29. The highest BCUT2D eigenvalue weighted by Gasteiger charge is 2.24. The van der Waals surface area contributed by atoms with Crippen molar-refractivity contribution < 1.29 is 9.13 Å². The molecule has 1 aliphatic heterocycles. The molecule has 21 heavy (non-hydrogen) atoms. The van der Waals surface area contributed by atoms with Crippen molar-refractivity contribution in [3.8, 4) is 5.75 Å². The topological polar surface area (TPSA) is 21.3 Å². The Labute approximate surface area is 128 Å². The van der Waals surface area contributed by atoms with E-state index in [1.165, 1.54) is 31.7 Å². The van der Waals surface area contributed by atoms with Crippen molar-refractivity contribution in [3.05, 3.63) is 29.6 Å². The number of hydrogen-bond donors (Lipinski definition) is 1. The van der Waals surface area contributed by atoms with E-state index in [1.807, 2.05) is 0 Å². The summed E-state index contributed by atoms with van der Waals surface area (Å²) >= 11 is 0. The maximum Gasteiger partial charge on any atom is 0.123 e. The molecule has 1 aromatic carbocycles. The third kappa shape index (κ3) is 4.99. The molecule has 118 valence electrons. The molecule has 0 saturated carbocycles. The van der Waals surface area contributed by atoms with E-state index in [-0.39, 0.29) is 11.9 Å². The normalized spacial score (nSPS) is 17.6. The second-order valence-electron chi connectivity index (χ2n) is 6.95. The van der Waals surface area contributed by atoms with Crippen molar-refractivity contribution in [2.24, 2.45) is 5.41 Å². The average Bonchev–Trinajstić information content (AvgIpc) is 2.80. The Bertz CT molecular complexity index is 459. The van der Waals surface area contributed by atoms with Crippen LogP contribution in [0.5, 0.6) is 5.75 Å². The summed E-state index contributed by atoms with van der Waals surface area (Å²) in [4.78, 5) is 0. The maximum atomic E-state index is 13.2. The molecule has 0 spiro atoms. The van der Waals surface area contributed by atoms with E-state index >= 15 is 0 Å². The van der Waals surface area contributed by atoms with Gasteiger partial charge < -0.3 is 10.1 Å². The minimum absolute atomic E-state index is 0.133. The van der Waals surface area contributed by atoms with Crippen LogP contribution in [0.1, 0.15) is 52.0 Å². The number of ether oxygens (including phenoxy) is 1. The Morgan fingerprint density at radius 3 is 2.90 bits per heavy atom. The Morgan fingerprint density at radius 1 is 1.33 bits per heavy atom. The fraction of sp³-hybridized carbons (Fsp3) is 0.667. The second-order valence-corrected chi connectivity index (χ2v) is 6.95. The lowest BCUT2D eigenvalue weighted by Gasteiger charge is -2.26. The molecule has 0 amide bonds. The Hall–Kier alpha value is -1.09. The monoisotopic (exact) mass is 293 g/mol. The van der Waals surface area contributed by atoms with Crippen LogP contribution in [0.4, 0.5) is 4.39 Å². The van der Waals surface area contributed by atoms with Crippen LogP contribution >= 0.6 is 0 Å². The van der Waals surface area contributed by atoms with Crippen molar-refractivity contribution >= 4 is 0 Å². The van der Waals surface area contributed by atoms with Gasteiger partial charge in [0.25, 0.3) is 0 Å². The van der Waals surface area contributed by atoms with E-state index in [2.05, 4.69) is 26.1 Å². The van der Waals surface area contributed by atoms with Gasteiger partial charge in [-0.3, -0.25) is 0 Å². The fourth-order valence-corrected chi connectivity index (χ4v) is 2.92. The Balaban J connectivity index is 1.71. The molecule has 1 aromatic rings. The first-order valence-corrected chi connectivity index (χ1v) is 8.16. The molecule has 2 rings (SSSR count). The molecule has 0 aromatic heterocycles. The molecule has 1 heterocycles. The van der Waals surface area contributed by atoms with Crippen molar-refractivity contribution in [2.75, 3.05) is 13.1 Å². The number of fused-ring (bicyclic) bond motifs is 1. The SMILES string of the molecule is CCCCCC(C)(C)CNCC1Cc2cc(F)ccc2O1. The van der Waals surface area contributed by atoms with E-state index in [9.17, 15) is 4.39 Å². The zero-order valence-corrected chi connectivity index (χ0v) is 13.5. The molecule has 0 radical (unpaired) electrons. The van der Waals surface area contributed by atoms with Gasteiger partial charge in [0.05, 0.1) is 0 Å². The summed E-state index contributed by atoms with van der Waals surface area (Å²) in [5.74, 6) is 0.661. The smallest absolute Gasteiger partial charge is 0.123 e. The molecular weight excluding hydrogens is 265 g/mol. The summed E-state index contributed by atoms with van der Waals surface area (Å²) in [5, 5.41) is 3.53. The zero-order valence-electron chi connectivity index (χ0n) is 13.5.